The molecule has 0 radical (unpaired) electrons. The Kier molecular flexibility index (Phi) is 7.22. The van der Waals surface area contributed by atoms with Gasteiger partial charge >= 0.3 is 0 Å². The van der Waals surface area contributed by atoms with E-state index in [1.54, 1.807) is 24.3 Å². The molecule has 1 aliphatic rings. The third-order valence-corrected chi connectivity index (χ3v) is 5.76. The number of ether oxygens (including phenoxy) is 2. The van der Waals surface area contributed by atoms with E-state index in [1.165, 1.54) is 4.31 Å². The van der Waals surface area contributed by atoms with Gasteiger partial charge in [0.15, 0.2) is 6.29 Å². The third kappa shape index (κ3) is 5.42. The summed E-state index contributed by atoms with van der Waals surface area (Å²) in [6, 6.07) is 6.62. The number of carbonyl (C=O) groups excluding carboxylic acids is 1. The van der Waals surface area contributed by atoms with E-state index in [1.807, 2.05) is 13.8 Å². The van der Waals surface area contributed by atoms with Crippen molar-refractivity contribution in [3.8, 4) is 0 Å². The Balaban J connectivity index is 1.88. The predicted molar refractivity (Wildman–Crippen MR) is 96.2 cm³/mol. The molecular formula is C17H26N2O5S. The first kappa shape index (κ1) is 19.7. The van der Waals surface area contributed by atoms with Crippen LogP contribution in [0, 0.1) is 0 Å². The zero-order valence-electron chi connectivity index (χ0n) is 14.7. The number of amides is 1. The first-order valence-corrected chi connectivity index (χ1v) is 10.2. The molecule has 0 unspecified atom stereocenters. The summed E-state index contributed by atoms with van der Waals surface area (Å²) in [5, 5.41) is 2.82. The quantitative estimate of drug-likeness (QED) is 0.670. The smallest absolute Gasteiger partial charge is 0.251 e. The second-order valence-corrected chi connectivity index (χ2v) is 7.69. The molecular weight excluding hydrogens is 344 g/mol. The lowest BCUT2D eigenvalue weighted by Crippen LogP contribution is -2.29. The molecule has 0 bridgehead atoms. The number of anilines is 1. The third-order valence-electron chi connectivity index (χ3n) is 3.89. The molecule has 1 aromatic rings. The van der Waals surface area contributed by atoms with E-state index in [4.69, 9.17) is 9.47 Å². The number of carbonyl (C=O) groups is 1. The highest BCUT2D eigenvalue weighted by Gasteiger charge is 2.28. The van der Waals surface area contributed by atoms with Gasteiger partial charge in [-0.3, -0.25) is 9.10 Å². The fraction of sp³-hybridized carbons (Fsp3) is 0.588. The molecule has 1 N–H and O–H groups in total. The van der Waals surface area contributed by atoms with Crippen LogP contribution in [0.4, 0.5) is 5.69 Å². The number of hydrogen-bond acceptors (Lipinski definition) is 5. The van der Waals surface area contributed by atoms with E-state index in [0.717, 1.165) is 0 Å². The summed E-state index contributed by atoms with van der Waals surface area (Å²) in [7, 11) is -3.20. The SMILES string of the molecule is CCOC(CCNC(=O)c1ccc(N2CCCS2(=O)=O)cc1)OCC. The van der Waals surface area contributed by atoms with Crippen LogP contribution in [0.3, 0.4) is 0 Å². The van der Waals surface area contributed by atoms with Crippen LogP contribution in [0.25, 0.3) is 0 Å². The van der Waals surface area contributed by atoms with Crippen molar-refractivity contribution in [1.82, 2.24) is 5.32 Å². The number of nitrogens with one attached hydrogen (secondary N) is 1. The molecule has 25 heavy (non-hydrogen) atoms. The maximum atomic E-state index is 12.2. The second kappa shape index (κ2) is 9.17. The van der Waals surface area contributed by atoms with Gasteiger partial charge in [-0.2, -0.15) is 0 Å². The first-order chi connectivity index (χ1) is 12.0. The highest BCUT2D eigenvalue weighted by Crippen LogP contribution is 2.24. The van der Waals surface area contributed by atoms with Gasteiger partial charge < -0.3 is 14.8 Å². The van der Waals surface area contributed by atoms with Gasteiger partial charge in [0.1, 0.15) is 0 Å². The van der Waals surface area contributed by atoms with E-state index >= 15 is 0 Å². The number of sulfonamides is 1. The average molecular weight is 370 g/mol. The number of nitrogens with zero attached hydrogens (tertiary/aromatic N) is 1. The Morgan fingerprint density at radius 2 is 1.84 bits per heavy atom. The van der Waals surface area contributed by atoms with Crippen LogP contribution in [-0.2, 0) is 19.5 Å². The lowest BCUT2D eigenvalue weighted by molar-refractivity contribution is -0.138. The lowest BCUT2D eigenvalue weighted by Gasteiger charge is -2.18. The van der Waals surface area contributed by atoms with Gasteiger partial charge in [-0.25, -0.2) is 8.42 Å². The zero-order valence-corrected chi connectivity index (χ0v) is 15.5. The molecule has 0 spiro atoms. The van der Waals surface area contributed by atoms with Crippen LogP contribution in [0.2, 0.25) is 0 Å². The van der Waals surface area contributed by atoms with Crippen LogP contribution < -0.4 is 9.62 Å². The molecule has 1 saturated heterocycles. The van der Waals surface area contributed by atoms with Crippen molar-refractivity contribution in [2.24, 2.45) is 0 Å². The summed E-state index contributed by atoms with van der Waals surface area (Å²) in [5.41, 5.74) is 1.09. The van der Waals surface area contributed by atoms with E-state index in [9.17, 15) is 13.2 Å². The average Bonchev–Trinajstić information content (AvgIpc) is 2.94. The summed E-state index contributed by atoms with van der Waals surface area (Å²) < 4.78 is 36.1. The minimum atomic E-state index is -3.20. The monoisotopic (exact) mass is 370 g/mol. The molecule has 0 aromatic heterocycles. The highest BCUT2D eigenvalue weighted by molar-refractivity contribution is 7.93. The molecule has 8 heteroatoms. The molecule has 1 heterocycles. The standard InChI is InChI=1S/C17H26N2O5S/c1-3-23-16(24-4-2)10-11-18-17(20)14-6-8-15(9-7-14)19-12-5-13-25(19,21)22/h6-9,16H,3-5,10-13H2,1-2H3,(H,18,20). The molecule has 0 aliphatic carbocycles. The van der Waals surface area contributed by atoms with Gasteiger partial charge in [0.2, 0.25) is 10.0 Å². The normalized spacial score (nSPS) is 16.4. The van der Waals surface area contributed by atoms with Gasteiger partial charge in [-0.1, -0.05) is 0 Å². The van der Waals surface area contributed by atoms with Crippen molar-refractivity contribution in [3.63, 3.8) is 0 Å². The summed E-state index contributed by atoms with van der Waals surface area (Å²) >= 11 is 0. The van der Waals surface area contributed by atoms with Crippen molar-refractivity contribution in [2.45, 2.75) is 33.0 Å². The fourth-order valence-electron chi connectivity index (χ4n) is 2.70. The van der Waals surface area contributed by atoms with Crippen molar-refractivity contribution < 1.29 is 22.7 Å². The molecule has 1 amide bonds. The summed E-state index contributed by atoms with van der Waals surface area (Å²) in [4.78, 5) is 12.2. The minimum absolute atomic E-state index is 0.177. The van der Waals surface area contributed by atoms with Gasteiger partial charge in [-0.15, -0.1) is 0 Å². The van der Waals surface area contributed by atoms with Crippen molar-refractivity contribution >= 4 is 21.6 Å². The molecule has 2 rings (SSSR count). The molecule has 0 atom stereocenters. The van der Waals surface area contributed by atoms with E-state index in [-0.39, 0.29) is 18.0 Å². The number of hydrogen-bond donors (Lipinski definition) is 1. The van der Waals surface area contributed by atoms with Crippen molar-refractivity contribution in [1.29, 1.82) is 0 Å². The first-order valence-electron chi connectivity index (χ1n) is 8.59. The molecule has 0 saturated carbocycles. The summed E-state index contributed by atoms with van der Waals surface area (Å²) in [6.45, 7) is 5.83. The Bertz CT molecular complexity index is 654. The predicted octanol–water partition coefficient (Wildman–Crippen LogP) is 1.75. The van der Waals surface area contributed by atoms with Crippen LogP contribution in [0.5, 0.6) is 0 Å². The molecule has 1 aromatic carbocycles. The Labute approximate surface area is 149 Å². The van der Waals surface area contributed by atoms with E-state index in [2.05, 4.69) is 5.32 Å². The Hall–Kier alpha value is -1.64. The zero-order chi connectivity index (χ0) is 18.3. The highest BCUT2D eigenvalue weighted by atomic mass is 32.2. The largest absolute Gasteiger partial charge is 0.353 e. The van der Waals surface area contributed by atoms with E-state index in [0.29, 0.717) is 50.4 Å². The maximum Gasteiger partial charge on any atom is 0.251 e. The summed E-state index contributed by atoms with van der Waals surface area (Å²) in [6.07, 6.45) is 0.876. The lowest BCUT2D eigenvalue weighted by atomic mass is 10.2. The van der Waals surface area contributed by atoms with Crippen LogP contribution in [0.15, 0.2) is 24.3 Å². The number of benzene rings is 1. The van der Waals surface area contributed by atoms with Gasteiger partial charge in [-0.05, 0) is 44.5 Å². The van der Waals surface area contributed by atoms with Crippen LogP contribution in [0.1, 0.15) is 37.0 Å². The van der Waals surface area contributed by atoms with Gasteiger partial charge in [0.25, 0.3) is 5.91 Å². The minimum Gasteiger partial charge on any atom is -0.353 e. The molecule has 140 valence electrons. The van der Waals surface area contributed by atoms with Crippen LogP contribution in [-0.4, -0.2) is 52.7 Å². The second-order valence-electron chi connectivity index (χ2n) is 5.67. The van der Waals surface area contributed by atoms with Gasteiger partial charge in [0.05, 0.1) is 11.4 Å². The van der Waals surface area contributed by atoms with Crippen molar-refractivity contribution in [3.05, 3.63) is 29.8 Å². The molecule has 7 nitrogen and oxygen atoms in total. The van der Waals surface area contributed by atoms with Crippen LogP contribution >= 0.6 is 0 Å². The van der Waals surface area contributed by atoms with E-state index < -0.39 is 10.0 Å². The molecule has 1 aliphatic heterocycles. The fourth-order valence-corrected chi connectivity index (χ4v) is 4.27. The summed E-state index contributed by atoms with van der Waals surface area (Å²) in [5.74, 6) is -0.0293. The number of rotatable bonds is 9. The van der Waals surface area contributed by atoms with Crippen molar-refractivity contribution in [2.75, 3.05) is 36.4 Å². The maximum absolute atomic E-state index is 12.2. The Morgan fingerprint density at radius 3 is 2.36 bits per heavy atom. The van der Waals surface area contributed by atoms with Gasteiger partial charge in [0, 0.05) is 38.3 Å². The molecule has 1 fully saturated rings. The Morgan fingerprint density at radius 1 is 1.20 bits per heavy atom. The topological polar surface area (TPSA) is 84.9 Å².